The Bertz CT molecular complexity index is 488. The molecular formula is C22H41N2O3P. The van der Waals surface area contributed by atoms with Crippen molar-refractivity contribution >= 4 is 13.7 Å². The van der Waals surface area contributed by atoms with Gasteiger partial charge in [0, 0.05) is 25.3 Å². The van der Waals surface area contributed by atoms with Crippen LogP contribution in [0.5, 0.6) is 0 Å². The van der Waals surface area contributed by atoms with Crippen molar-refractivity contribution < 1.29 is 14.5 Å². The predicted octanol–water partition coefficient (Wildman–Crippen LogP) is 4.53. The number of hydrogen-bond donors (Lipinski definition) is 3. The number of carbonyl (C=O) groups excluding carboxylic acids is 1. The maximum absolute atomic E-state index is 11.7. The van der Waals surface area contributed by atoms with Gasteiger partial charge in [-0.25, -0.2) is 0 Å². The SMILES string of the molecule is CCC=CCC=CCC=CCCCCCCCC(=O)NCC[PH](=O)CC(N)O. The summed E-state index contributed by atoms with van der Waals surface area (Å²) in [5.74, 6) is 0.0178. The van der Waals surface area contributed by atoms with Crippen LogP contribution in [-0.4, -0.2) is 36.1 Å². The lowest BCUT2D eigenvalue weighted by Gasteiger charge is -2.07. The van der Waals surface area contributed by atoms with Gasteiger partial charge in [0.1, 0.15) is 6.23 Å². The van der Waals surface area contributed by atoms with Crippen LogP contribution in [-0.2, 0) is 9.36 Å². The molecule has 1 amide bonds. The van der Waals surface area contributed by atoms with Gasteiger partial charge in [-0.2, -0.15) is 0 Å². The first-order valence-corrected chi connectivity index (χ1v) is 12.6. The summed E-state index contributed by atoms with van der Waals surface area (Å²) in [6.45, 7) is 2.55. The smallest absolute Gasteiger partial charge is 0.220 e. The summed E-state index contributed by atoms with van der Waals surface area (Å²) in [5, 5.41) is 11.7. The van der Waals surface area contributed by atoms with Crippen LogP contribution in [0.3, 0.4) is 0 Å². The van der Waals surface area contributed by atoms with Gasteiger partial charge in [0.2, 0.25) is 5.91 Å². The van der Waals surface area contributed by atoms with Crippen molar-refractivity contribution in [3.05, 3.63) is 36.5 Å². The van der Waals surface area contributed by atoms with Gasteiger partial charge < -0.3 is 20.7 Å². The molecule has 0 aromatic carbocycles. The van der Waals surface area contributed by atoms with E-state index < -0.39 is 14.0 Å². The van der Waals surface area contributed by atoms with E-state index in [0.29, 0.717) is 19.1 Å². The summed E-state index contributed by atoms with van der Waals surface area (Å²) < 4.78 is 11.5. The molecule has 4 N–H and O–H groups in total. The van der Waals surface area contributed by atoms with Crippen molar-refractivity contribution in [3.63, 3.8) is 0 Å². The average molecular weight is 413 g/mol. The predicted molar refractivity (Wildman–Crippen MR) is 121 cm³/mol. The molecule has 6 heteroatoms. The van der Waals surface area contributed by atoms with E-state index in [-0.39, 0.29) is 12.1 Å². The van der Waals surface area contributed by atoms with E-state index >= 15 is 0 Å². The average Bonchev–Trinajstić information content (AvgIpc) is 2.64. The number of carbonyl (C=O) groups is 1. The lowest BCUT2D eigenvalue weighted by atomic mass is 10.1. The van der Waals surface area contributed by atoms with E-state index in [1.807, 2.05) is 0 Å². The lowest BCUT2D eigenvalue weighted by Crippen LogP contribution is -2.27. The van der Waals surface area contributed by atoms with Crippen LogP contribution in [0.4, 0.5) is 0 Å². The molecule has 162 valence electrons. The Morgan fingerprint density at radius 3 is 2.29 bits per heavy atom. The van der Waals surface area contributed by atoms with E-state index in [2.05, 4.69) is 48.7 Å². The second-order valence-corrected chi connectivity index (χ2v) is 9.00. The first-order valence-electron chi connectivity index (χ1n) is 10.7. The van der Waals surface area contributed by atoms with Gasteiger partial charge in [-0.05, 0) is 38.5 Å². The zero-order valence-electron chi connectivity index (χ0n) is 17.6. The number of aliphatic hydroxyl groups is 1. The first kappa shape index (κ1) is 26.8. The number of amides is 1. The summed E-state index contributed by atoms with van der Waals surface area (Å²) >= 11 is 0. The van der Waals surface area contributed by atoms with Gasteiger partial charge in [-0.1, -0.05) is 62.6 Å². The van der Waals surface area contributed by atoms with Crippen LogP contribution < -0.4 is 11.1 Å². The zero-order valence-corrected chi connectivity index (χ0v) is 18.6. The molecule has 0 fully saturated rings. The van der Waals surface area contributed by atoms with Crippen LogP contribution in [0, 0.1) is 0 Å². The van der Waals surface area contributed by atoms with Gasteiger partial charge in [0.15, 0.2) is 0 Å². The molecule has 0 aromatic heterocycles. The first-order chi connectivity index (χ1) is 13.6. The van der Waals surface area contributed by atoms with Gasteiger partial charge in [0.05, 0.1) is 7.80 Å². The molecule has 2 atom stereocenters. The van der Waals surface area contributed by atoms with Gasteiger partial charge in [-0.15, -0.1) is 0 Å². The normalized spacial score (nSPS) is 14.2. The Hall–Kier alpha value is -1.16. The highest BCUT2D eigenvalue weighted by molar-refractivity contribution is 7.44. The van der Waals surface area contributed by atoms with E-state index in [1.54, 1.807) is 0 Å². The third-order valence-corrected chi connectivity index (χ3v) is 5.90. The molecule has 0 aliphatic heterocycles. The second kappa shape index (κ2) is 20.6. The van der Waals surface area contributed by atoms with Crippen molar-refractivity contribution in [1.29, 1.82) is 0 Å². The Labute approximate surface area is 172 Å². The number of aliphatic hydroxyl groups excluding tert-OH is 1. The number of hydrogen-bond acceptors (Lipinski definition) is 4. The standard InChI is InChI=1S/C22H41N2O3P/c1-2-3-4-5-6-7-8-9-10-11-12-13-14-15-16-17-22(26)24-18-19-28(27)20-21(23)25/h3-4,6-7,9-10,21,25,28H,2,5,8,11-20,23H2,1H3,(H,24,26). The monoisotopic (exact) mass is 412 g/mol. The van der Waals surface area contributed by atoms with E-state index in [1.165, 1.54) is 12.8 Å². The highest BCUT2D eigenvalue weighted by Crippen LogP contribution is 2.18. The summed E-state index contributed by atoms with van der Waals surface area (Å²) in [5.41, 5.74) is 5.18. The van der Waals surface area contributed by atoms with Gasteiger partial charge >= 0.3 is 0 Å². The van der Waals surface area contributed by atoms with E-state index in [9.17, 15) is 9.36 Å². The minimum absolute atomic E-state index is 0.0178. The van der Waals surface area contributed by atoms with Crippen LogP contribution in [0.15, 0.2) is 36.5 Å². The molecule has 0 rings (SSSR count). The van der Waals surface area contributed by atoms with Crippen molar-refractivity contribution in [2.75, 3.05) is 18.9 Å². The van der Waals surface area contributed by atoms with Crippen molar-refractivity contribution in [1.82, 2.24) is 5.32 Å². The van der Waals surface area contributed by atoms with Crippen LogP contribution in [0.1, 0.15) is 71.1 Å². The van der Waals surface area contributed by atoms with Gasteiger partial charge in [0.25, 0.3) is 0 Å². The molecule has 0 aliphatic rings. The van der Waals surface area contributed by atoms with E-state index in [4.69, 9.17) is 10.8 Å². The third kappa shape index (κ3) is 21.1. The second-order valence-electron chi connectivity index (χ2n) is 7.01. The molecule has 0 bridgehead atoms. The fourth-order valence-electron chi connectivity index (χ4n) is 2.67. The topological polar surface area (TPSA) is 92.4 Å². The third-order valence-electron chi connectivity index (χ3n) is 4.22. The van der Waals surface area contributed by atoms with Crippen molar-refractivity contribution in [3.8, 4) is 0 Å². The number of nitrogens with two attached hydrogens (primary N) is 1. The molecule has 0 aromatic rings. The summed E-state index contributed by atoms with van der Waals surface area (Å²) in [6, 6.07) is 0. The maximum Gasteiger partial charge on any atom is 0.220 e. The van der Waals surface area contributed by atoms with Crippen LogP contribution in [0.2, 0.25) is 0 Å². The molecule has 0 spiro atoms. The minimum Gasteiger partial charge on any atom is -0.378 e. The summed E-state index contributed by atoms with van der Waals surface area (Å²) in [7, 11) is -1.89. The molecule has 5 nitrogen and oxygen atoms in total. The molecule has 0 radical (unpaired) electrons. The number of allylic oxidation sites excluding steroid dienone is 6. The van der Waals surface area contributed by atoms with Crippen molar-refractivity contribution in [2.24, 2.45) is 5.73 Å². The summed E-state index contributed by atoms with van der Waals surface area (Å²) in [4.78, 5) is 11.7. The molecule has 0 saturated carbocycles. The number of rotatable bonds is 18. The molecular weight excluding hydrogens is 371 g/mol. The molecule has 0 heterocycles. The fourth-order valence-corrected chi connectivity index (χ4v) is 3.74. The highest BCUT2D eigenvalue weighted by atomic mass is 31.1. The quantitative estimate of drug-likeness (QED) is 0.133. The lowest BCUT2D eigenvalue weighted by molar-refractivity contribution is -0.121. The van der Waals surface area contributed by atoms with Crippen molar-refractivity contribution in [2.45, 2.75) is 77.4 Å². The highest BCUT2D eigenvalue weighted by Gasteiger charge is 2.06. The Balaban J connectivity index is 3.40. The Kier molecular flexibility index (Phi) is 19.7. The van der Waals surface area contributed by atoms with Crippen LogP contribution in [0.25, 0.3) is 0 Å². The fraction of sp³-hybridized carbons (Fsp3) is 0.682. The molecule has 28 heavy (non-hydrogen) atoms. The Morgan fingerprint density at radius 1 is 1.00 bits per heavy atom. The molecule has 0 aliphatic carbocycles. The number of unbranched alkanes of at least 4 members (excludes halogenated alkanes) is 5. The maximum atomic E-state index is 11.7. The number of nitrogens with one attached hydrogen (secondary N) is 1. The summed E-state index contributed by atoms with van der Waals surface area (Å²) in [6.07, 6.45) is 23.1. The largest absolute Gasteiger partial charge is 0.378 e. The van der Waals surface area contributed by atoms with E-state index in [0.717, 1.165) is 44.9 Å². The minimum atomic E-state index is -1.89. The van der Waals surface area contributed by atoms with Gasteiger partial charge in [-0.3, -0.25) is 4.79 Å². The molecule has 2 unspecified atom stereocenters. The van der Waals surface area contributed by atoms with Crippen LogP contribution >= 0.6 is 7.80 Å². The Morgan fingerprint density at radius 2 is 1.61 bits per heavy atom. The molecule has 0 saturated heterocycles. The zero-order chi connectivity index (χ0) is 20.9.